The number of carbonyl (C=O) groups excluding carboxylic acids is 1. The van der Waals surface area contributed by atoms with Gasteiger partial charge in [0.05, 0.1) is 28.0 Å². The molecule has 0 saturated heterocycles. The summed E-state index contributed by atoms with van der Waals surface area (Å²) in [6, 6.07) is 14.5. The Labute approximate surface area is 221 Å². The second-order valence-corrected chi connectivity index (χ2v) is 9.82. The molecule has 3 heterocycles. The standard InChI is InChI=1S/C29H30ClN5O2/c1-20-19-37-27(34-20)12-15-35(26-6-2-4-23-5-3-13-32-28(23)26)18-22-9-7-21(8-10-22)16-33-29(36)24-11-14-31-17-25(24)30/h3,5,7-11,13-14,17,19,26H,2,4,6,12,15-16,18H2,1H3,(H,33,36). The number of amides is 1. The predicted molar refractivity (Wildman–Crippen MR) is 142 cm³/mol. The van der Waals surface area contributed by atoms with Crippen LogP contribution in [0, 0.1) is 6.92 Å². The molecule has 0 fully saturated rings. The minimum atomic E-state index is -0.215. The van der Waals surface area contributed by atoms with Crippen LogP contribution in [0.1, 0.15) is 63.2 Å². The van der Waals surface area contributed by atoms with Crippen LogP contribution in [0.15, 0.2) is 71.7 Å². The van der Waals surface area contributed by atoms with E-state index in [0.29, 0.717) is 17.1 Å². The van der Waals surface area contributed by atoms with Crippen molar-refractivity contribution in [3.63, 3.8) is 0 Å². The number of benzene rings is 1. The molecule has 0 bridgehead atoms. The summed E-state index contributed by atoms with van der Waals surface area (Å²) in [4.78, 5) is 28.2. The molecule has 7 nitrogen and oxygen atoms in total. The summed E-state index contributed by atoms with van der Waals surface area (Å²) in [7, 11) is 0. The fraction of sp³-hybridized carbons (Fsp3) is 0.310. The Morgan fingerprint density at radius 3 is 2.78 bits per heavy atom. The predicted octanol–water partition coefficient (Wildman–Crippen LogP) is 5.48. The van der Waals surface area contributed by atoms with Crippen LogP contribution in [0.3, 0.4) is 0 Å². The van der Waals surface area contributed by atoms with Crippen LogP contribution in [0.2, 0.25) is 5.02 Å². The van der Waals surface area contributed by atoms with Gasteiger partial charge >= 0.3 is 0 Å². The van der Waals surface area contributed by atoms with E-state index < -0.39 is 0 Å². The second-order valence-electron chi connectivity index (χ2n) is 9.41. The first-order valence-corrected chi connectivity index (χ1v) is 13.0. The molecular formula is C29H30ClN5O2. The van der Waals surface area contributed by atoms with Gasteiger partial charge in [-0.05, 0) is 55.0 Å². The molecule has 0 saturated carbocycles. The molecular weight excluding hydrogens is 486 g/mol. The SMILES string of the molecule is Cc1coc(CCN(Cc2ccc(CNC(=O)c3ccncc3Cl)cc2)C2CCCc3cccnc32)n1. The molecule has 1 amide bonds. The number of halogens is 1. The third-order valence-electron chi connectivity index (χ3n) is 6.76. The lowest BCUT2D eigenvalue weighted by Crippen LogP contribution is -2.33. The summed E-state index contributed by atoms with van der Waals surface area (Å²) in [5.41, 5.74) is 6.09. The van der Waals surface area contributed by atoms with Gasteiger partial charge in [-0.15, -0.1) is 0 Å². The zero-order valence-electron chi connectivity index (χ0n) is 20.9. The summed E-state index contributed by atoms with van der Waals surface area (Å²) >= 11 is 6.09. The van der Waals surface area contributed by atoms with Gasteiger partial charge in [0, 0.05) is 44.6 Å². The van der Waals surface area contributed by atoms with E-state index >= 15 is 0 Å². The number of hydrogen-bond donors (Lipinski definition) is 1. The Balaban J connectivity index is 1.27. The fourth-order valence-corrected chi connectivity index (χ4v) is 5.08. The summed E-state index contributed by atoms with van der Waals surface area (Å²) in [5, 5.41) is 3.27. The fourth-order valence-electron chi connectivity index (χ4n) is 4.88. The van der Waals surface area contributed by atoms with Gasteiger partial charge in [0.2, 0.25) is 0 Å². The van der Waals surface area contributed by atoms with Gasteiger partial charge in [-0.2, -0.15) is 0 Å². The number of carbonyl (C=O) groups is 1. The lowest BCUT2D eigenvalue weighted by atomic mass is 9.90. The largest absolute Gasteiger partial charge is 0.449 e. The quantitative estimate of drug-likeness (QED) is 0.318. The highest BCUT2D eigenvalue weighted by Crippen LogP contribution is 2.34. The Bertz CT molecular complexity index is 1350. The minimum absolute atomic E-state index is 0.215. The topological polar surface area (TPSA) is 84.2 Å². The highest BCUT2D eigenvalue weighted by Gasteiger charge is 2.27. The highest BCUT2D eigenvalue weighted by atomic mass is 35.5. The molecule has 0 aliphatic heterocycles. The maximum absolute atomic E-state index is 12.5. The van der Waals surface area contributed by atoms with Crippen molar-refractivity contribution in [2.45, 2.75) is 51.7 Å². The first-order valence-electron chi connectivity index (χ1n) is 12.6. The highest BCUT2D eigenvalue weighted by molar-refractivity contribution is 6.33. The molecule has 4 aromatic rings. The first-order chi connectivity index (χ1) is 18.1. The van der Waals surface area contributed by atoms with Crippen molar-refractivity contribution in [2.24, 2.45) is 0 Å². The van der Waals surface area contributed by atoms with E-state index in [1.807, 2.05) is 19.2 Å². The zero-order chi connectivity index (χ0) is 25.6. The zero-order valence-corrected chi connectivity index (χ0v) is 21.6. The van der Waals surface area contributed by atoms with Gasteiger partial charge < -0.3 is 9.73 Å². The van der Waals surface area contributed by atoms with Crippen LogP contribution in [0.4, 0.5) is 0 Å². The third kappa shape index (κ3) is 6.24. The monoisotopic (exact) mass is 515 g/mol. The van der Waals surface area contributed by atoms with Crippen LogP contribution in [-0.2, 0) is 25.9 Å². The van der Waals surface area contributed by atoms with Crippen molar-refractivity contribution in [1.82, 2.24) is 25.2 Å². The third-order valence-corrected chi connectivity index (χ3v) is 7.07. The van der Waals surface area contributed by atoms with Crippen LogP contribution >= 0.6 is 11.6 Å². The van der Waals surface area contributed by atoms with Gasteiger partial charge in [0.1, 0.15) is 6.26 Å². The molecule has 1 N–H and O–H groups in total. The van der Waals surface area contributed by atoms with Gasteiger partial charge in [-0.25, -0.2) is 4.98 Å². The molecule has 0 radical (unpaired) electrons. The maximum Gasteiger partial charge on any atom is 0.253 e. The van der Waals surface area contributed by atoms with E-state index in [2.05, 4.69) is 50.5 Å². The van der Waals surface area contributed by atoms with Crippen molar-refractivity contribution in [3.05, 3.63) is 112 Å². The minimum Gasteiger partial charge on any atom is -0.449 e. The molecule has 1 aliphatic rings. The molecule has 1 atom stereocenters. The molecule has 1 unspecified atom stereocenters. The molecule has 8 heteroatoms. The maximum atomic E-state index is 12.5. The van der Waals surface area contributed by atoms with Gasteiger partial charge in [0.25, 0.3) is 5.91 Å². The molecule has 1 aromatic carbocycles. The second kappa shape index (κ2) is 11.7. The Morgan fingerprint density at radius 1 is 1.16 bits per heavy atom. The van der Waals surface area contributed by atoms with E-state index in [0.717, 1.165) is 55.9 Å². The molecule has 190 valence electrons. The van der Waals surface area contributed by atoms with E-state index in [9.17, 15) is 4.79 Å². The van der Waals surface area contributed by atoms with Crippen molar-refractivity contribution >= 4 is 17.5 Å². The van der Waals surface area contributed by atoms with Crippen molar-refractivity contribution in [1.29, 1.82) is 0 Å². The van der Waals surface area contributed by atoms with E-state index in [-0.39, 0.29) is 11.9 Å². The number of oxazole rings is 1. The number of fused-ring (bicyclic) bond motifs is 1. The Morgan fingerprint density at radius 2 is 2.00 bits per heavy atom. The number of nitrogens with zero attached hydrogens (tertiary/aromatic N) is 4. The summed E-state index contributed by atoms with van der Waals surface area (Å²) in [6.07, 6.45) is 10.7. The lowest BCUT2D eigenvalue weighted by Gasteiger charge is -2.35. The van der Waals surface area contributed by atoms with Crippen molar-refractivity contribution < 1.29 is 9.21 Å². The van der Waals surface area contributed by atoms with Crippen LogP contribution in [-0.4, -0.2) is 32.3 Å². The average molecular weight is 516 g/mol. The van der Waals surface area contributed by atoms with Crippen LogP contribution in [0.5, 0.6) is 0 Å². The van der Waals surface area contributed by atoms with E-state index in [1.165, 1.54) is 23.0 Å². The Hall–Kier alpha value is -3.55. The number of hydrogen-bond acceptors (Lipinski definition) is 6. The first kappa shape index (κ1) is 25.1. The molecule has 3 aromatic heterocycles. The number of rotatable bonds is 9. The molecule has 0 spiro atoms. The van der Waals surface area contributed by atoms with Gasteiger partial charge in [-0.1, -0.05) is 41.9 Å². The number of aromatic nitrogens is 3. The van der Waals surface area contributed by atoms with Gasteiger partial charge in [0.15, 0.2) is 5.89 Å². The Kier molecular flexibility index (Phi) is 7.92. The smallest absolute Gasteiger partial charge is 0.253 e. The van der Waals surface area contributed by atoms with Crippen LogP contribution < -0.4 is 5.32 Å². The molecule has 37 heavy (non-hydrogen) atoms. The van der Waals surface area contributed by atoms with E-state index in [4.69, 9.17) is 21.0 Å². The number of nitrogens with one attached hydrogen (secondary N) is 1. The van der Waals surface area contributed by atoms with E-state index in [1.54, 1.807) is 18.5 Å². The average Bonchev–Trinajstić information content (AvgIpc) is 3.35. The summed E-state index contributed by atoms with van der Waals surface area (Å²) in [5.74, 6) is 0.549. The van der Waals surface area contributed by atoms with Gasteiger partial charge in [-0.3, -0.25) is 19.7 Å². The number of aryl methyl sites for hydroxylation is 2. The normalized spacial score (nSPS) is 14.9. The summed E-state index contributed by atoms with van der Waals surface area (Å²) < 4.78 is 5.62. The lowest BCUT2D eigenvalue weighted by molar-refractivity contribution is 0.0951. The summed E-state index contributed by atoms with van der Waals surface area (Å²) in [6.45, 7) is 3.98. The van der Waals surface area contributed by atoms with Crippen molar-refractivity contribution in [3.8, 4) is 0 Å². The molecule has 5 rings (SSSR count). The number of pyridine rings is 2. The van der Waals surface area contributed by atoms with Crippen LogP contribution in [0.25, 0.3) is 0 Å². The molecule has 1 aliphatic carbocycles. The van der Waals surface area contributed by atoms with Crippen molar-refractivity contribution in [2.75, 3.05) is 6.54 Å².